The van der Waals surface area contributed by atoms with Crippen molar-refractivity contribution in [3.05, 3.63) is 106 Å². The van der Waals surface area contributed by atoms with Crippen LogP contribution >= 0.6 is 0 Å². The molecule has 0 aromatic heterocycles. The van der Waals surface area contributed by atoms with Crippen molar-refractivity contribution < 1.29 is 9.59 Å². The number of hydrogen-bond acceptors (Lipinski definition) is 3. The first-order valence-electron chi connectivity index (χ1n) is 9.72. The highest BCUT2D eigenvalue weighted by molar-refractivity contribution is 6.09. The van der Waals surface area contributed by atoms with Crippen molar-refractivity contribution in [1.82, 2.24) is 10.2 Å². The Morgan fingerprint density at radius 2 is 1.67 bits per heavy atom. The Kier molecular flexibility index (Phi) is 4.85. The Morgan fingerprint density at radius 3 is 2.37 bits per heavy atom. The molecule has 3 amide bonds. The lowest BCUT2D eigenvalue weighted by atomic mass is 9.81. The van der Waals surface area contributed by atoms with Gasteiger partial charge in [-0.05, 0) is 53.8 Å². The van der Waals surface area contributed by atoms with Crippen molar-refractivity contribution in [2.75, 3.05) is 0 Å². The molecule has 1 saturated heterocycles. The van der Waals surface area contributed by atoms with Gasteiger partial charge in [-0.3, -0.25) is 9.69 Å². The lowest BCUT2D eigenvalue weighted by molar-refractivity contribution is -0.130. The molecule has 1 fully saturated rings. The smallest absolute Gasteiger partial charge is 0.315 e. The summed E-state index contributed by atoms with van der Waals surface area (Å²) < 4.78 is 0. The van der Waals surface area contributed by atoms with Crippen LogP contribution in [-0.4, -0.2) is 16.8 Å². The second-order valence-electron chi connectivity index (χ2n) is 7.55. The minimum atomic E-state index is -1.29. The van der Waals surface area contributed by atoms with Crippen LogP contribution < -0.4 is 5.32 Å². The number of rotatable bonds is 4. The monoisotopic (exact) mass is 395 g/mol. The normalized spacial score (nSPS) is 18.2. The van der Waals surface area contributed by atoms with Crippen LogP contribution in [0, 0.1) is 25.2 Å². The van der Waals surface area contributed by atoms with Gasteiger partial charge in [0.1, 0.15) is 0 Å². The predicted molar refractivity (Wildman–Crippen MR) is 113 cm³/mol. The van der Waals surface area contributed by atoms with Crippen molar-refractivity contribution in [3.8, 4) is 6.07 Å². The Bertz CT molecular complexity index is 1180. The summed E-state index contributed by atoms with van der Waals surface area (Å²) in [4.78, 5) is 28.0. The molecule has 1 N–H and O–H groups in total. The molecule has 3 aromatic carbocycles. The molecular weight excluding hydrogens is 374 g/mol. The van der Waals surface area contributed by atoms with Crippen LogP contribution in [0.2, 0.25) is 0 Å². The summed E-state index contributed by atoms with van der Waals surface area (Å²) in [5.74, 6) is -0.329. The minimum Gasteiger partial charge on any atom is -0.315 e. The van der Waals surface area contributed by atoms with Gasteiger partial charge in [0.2, 0.25) is 0 Å². The van der Waals surface area contributed by atoms with Crippen LogP contribution in [0.15, 0.2) is 72.8 Å². The van der Waals surface area contributed by atoms with Gasteiger partial charge in [-0.15, -0.1) is 0 Å². The van der Waals surface area contributed by atoms with Crippen molar-refractivity contribution in [3.63, 3.8) is 0 Å². The van der Waals surface area contributed by atoms with E-state index in [1.54, 1.807) is 24.3 Å². The average molecular weight is 395 g/mol. The summed E-state index contributed by atoms with van der Waals surface area (Å²) in [7, 11) is 0. The van der Waals surface area contributed by atoms with Crippen molar-refractivity contribution >= 4 is 11.9 Å². The number of carbonyl (C=O) groups excluding carboxylic acids is 2. The molecule has 30 heavy (non-hydrogen) atoms. The first-order valence-corrected chi connectivity index (χ1v) is 9.72. The number of nitrogens with zero attached hydrogens (tertiary/aromatic N) is 2. The van der Waals surface area contributed by atoms with Crippen molar-refractivity contribution in [1.29, 1.82) is 5.26 Å². The highest BCUT2D eigenvalue weighted by atomic mass is 16.2. The third-order valence-electron chi connectivity index (χ3n) is 5.65. The number of hydrogen-bond donors (Lipinski definition) is 1. The molecular formula is C25H21N3O2. The second-order valence-corrected chi connectivity index (χ2v) is 7.55. The Hall–Kier alpha value is -3.91. The van der Waals surface area contributed by atoms with E-state index in [0.717, 1.165) is 22.3 Å². The van der Waals surface area contributed by atoms with Crippen molar-refractivity contribution in [2.24, 2.45) is 0 Å². The number of nitriles is 1. The number of aryl methyl sites for hydroxylation is 2. The van der Waals surface area contributed by atoms with Gasteiger partial charge >= 0.3 is 6.03 Å². The molecule has 1 heterocycles. The number of amides is 3. The molecule has 3 aromatic rings. The van der Waals surface area contributed by atoms with E-state index in [4.69, 9.17) is 5.26 Å². The van der Waals surface area contributed by atoms with E-state index in [-0.39, 0.29) is 12.5 Å². The molecule has 4 rings (SSSR count). The highest BCUT2D eigenvalue weighted by Crippen LogP contribution is 2.37. The van der Waals surface area contributed by atoms with E-state index in [2.05, 4.69) is 11.4 Å². The van der Waals surface area contributed by atoms with Crippen LogP contribution in [0.25, 0.3) is 0 Å². The van der Waals surface area contributed by atoms with Crippen LogP contribution in [0.5, 0.6) is 0 Å². The van der Waals surface area contributed by atoms with Gasteiger partial charge in [-0.2, -0.15) is 5.26 Å². The first-order chi connectivity index (χ1) is 14.5. The zero-order valence-corrected chi connectivity index (χ0v) is 16.8. The molecule has 0 unspecified atom stereocenters. The number of benzene rings is 3. The Balaban J connectivity index is 1.81. The molecule has 0 spiro atoms. The predicted octanol–water partition coefficient (Wildman–Crippen LogP) is 4.17. The van der Waals surface area contributed by atoms with Gasteiger partial charge in [0.05, 0.1) is 18.2 Å². The van der Waals surface area contributed by atoms with E-state index in [9.17, 15) is 9.59 Å². The topological polar surface area (TPSA) is 73.2 Å². The third kappa shape index (κ3) is 3.13. The SMILES string of the molecule is Cc1ccc([C@@]2(c3ccccc3)NC(=O)N(Cc3cccc(C#N)c3)C2=O)cc1C. The van der Waals surface area contributed by atoms with Gasteiger partial charge in [-0.25, -0.2) is 4.79 Å². The molecule has 5 heteroatoms. The zero-order valence-electron chi connectivity index (χ0n) is 16.8. The van der Waals surface area contributed by atoms with Crippen molar-refractivity contribution in [2.45, 2.75) is 25.9 Å². The minimum absolute atomic E-state index is 0.0968. The molecule has 148 valence electrons. The summed E-state index contributed by atoms with van der Waals surface area (Å²) in [6, 6.07) is 23.7. The number of carbonyl (C=O) groups is 2. The molecule has 1 aliphatic heterocycles. The number of urea groups is 1. The van der Waals surface area contributed by atoms with Gasteiger partial charge in [-0.1, -0.05) is 60.7 Å². The lowest BCUT2D eigenvalue weighted by Crippen LogP contribution is -2.45. The second kappa shape index (κ2) is 7.49. The number of imide groups is 1. The third-order valence-corrected chi connectivity index (χ3v) is 5.65. The van der Waals surface area contributed by atoms with Gasteiger partial charge in [0.15, 0.2) is 5.54 Å². The molecule has 0 aliphatic carbocycles. The summed E-state index contributed by atoms with van der Waals surface area (Å²) in [6.45, 7) is 4.10. The summed E-state index contributed by atoms with van der Waals surface area (Å²) in [5.41, 5.74) is 3.52. The number of nitrogens with one attached hydrogen (secondary N) is 1. The van der Waals surface area contributed by atoms with Crippen LogP contribution in [-0.2, 0) is 16.9 Å². The molecule has 1 aliphatic rings. The Morgan fingerprint density at radius 1 is 0.900 bits per heavy atom. The molecule has 0 saturated carbocycles. The maximum Gasteiger partial charge on any atom is 0.325 e. The molecule has 0 bridgehead atoms. The molecule has 1 atom stereocenters. The van der Waals surface area contributed by atoms with E-state index >= 15 is 0 Å². The Labute approximate surface area is 175 Å². The van der Waals surface area contributed by atoms with Crippen LogP contribution in [0.4, 0.5) is 4.79 Å². The van der Waals surface area contributed by atoms with Crippen LogP contribution in [0.3, 0.4) is 0 Å². The van der Waals surface area contributed by atoms with E-state index in [1.165, 1.54) is 4.90 Å². The maximum absolute atomic E-state index is 13.8. The fraction of sp³-hybridized carbons (Fsp3) is 0.160. The fourth-order valence-corrected chi connectivity index (χ4v) is 3.86. The van der Waals surface area contributed by atoms with Gasteiger partial charge < -0.3 is 5.32 Å². The molecule has 0 radical (unpaired) electrons. The standard InChI is InChI=1S/C25H21N3O2/c1-17-11-12-22(13-18(17)2)25(21-9-4-3-5-10-21)23(29)28(24(30)27-25)16-20-8-6-7-19(14-20)15-26/h3-14H,16H2,1-2H3,(H,27,30)/t25-/m1/s1. The molecule has 5 nitrogen and oxygen atoms in total. The van der Waals surface area contributed by atoms with E-state index < -0.39 is 11.6 Å². The maximum atomic E-state index is 13.8. The average Bonchev–Trinajstić information content (AvgIpc) is 3.02. The highest BCUT2D eigenvalue weighted by Gasteiger charge is 2.53. The lowest BCUT2D eigenvalue weighted by Gasteiger charge is -2.28. The zero-order chi connectivity index (χ0) is 21.3. The first kappa shape index (κ1) is 19.4. The van der Waals surface area contributed by atoms with Gasteiger partial charge in [0, 0.05) is 0 Å². The van der Waals surface area contributed by atoms with E-state index in [1.807, 2.05) is 62.4 Å². The van der Waals surface area contributed by atoms with E-state index in [0.29, 0.717) is 11.1 Å². The summed E-state index contributed by atoms with van der Waals surface area (Å²) in [5, 5.41) is 12.1. The summed E-state index contributed by atoms with van der Waals surface area (Å²) >= 11 is 0. The summed E-state index contributed by atoms with van der Waals surface area (Å²) in [6.07, 6.45) is 0. The van der Waals surface area contributed by atoms with Crippen LogP contribution in [0.1, 0.15) is 33.4 Å². The van der Waals surface area contributed by atoms with Gasteiger partial charge in [0.25, 0.3) is 5.91 Å². The fourth-order valence-electron chi connectivity index (χ4n) is 3.86. The quantitative estimate of drug-likeness (QED) is 0.674. The largest absolute Gasteiger partial charge is 0.325 e.